The number of rotatable bonds is 6. The molecule has 0 bridgehead atoms. The number of carbonyl (C=O) groups excluding carboxylic acids is 2. The molecule has 0 saturated carbocycles. The van der Waals surface area contributed by atoms with E-state index in [9.17, 15) is 24.6 Å². The second kappa shape index (κ2) is 14.2. The highest BCUT2D eigenvalue weighted by molar-refractivity contribution is 6.03. The molecule has 0 aliphatic carbocycles. The number of carbonyl (C=O) groups is 2. The Hall–Kier alpha value is -6.47. The molecule has 3 aromatic carbocycles. The molecule has 5 heterocycles. The Balaban J connectivity index is 0.000000169. The maximum atomic E-state index is 13.2. The van der Waals surface area contributed by atoms with Gasteiger partial charge >= 0.3 is 5.97 Å². The van der Waals surface area contributed by atoms with Crippen molar-refractivity contribution in [2.45, 2.75) is 59.3 Å². The van der Waals surface area contributed by atoms with E-state index in [1.807, 2.05) is 63.2 Å². The summed E-state index contributed by atoms with van der Waals surface area (Å²) in [5, 5.41) is 37.2. The number of hydrogen-bond donors (Lipinski definition) is 3. The molecule has 1 amide bonds. The van der Waals surface area contributed by atoms with Gasteiger partial charge in [-0.3, -0.25) is 14.3 Å². The normalized spacial score (nSPS) is 15.6. The van der Waals surface area contributed by atoms with Crippen LogP contribution in [0.2, 0.25) is 0 Å². The van der Waals surface area contributed by atoms with Gasteiger partial charge in [-0.2, -0.15) is 15.3 Å². The van der Waals surface area contributed by atoms with Gasteiger partial charge in [0.15, 0.2) is 5.60 Å². The maximum absolute atomic E-state index is 13.2. The zero-order valence-electron chi connectivity index (χ0n) is 30.5. The first kappa shape index (κ1) is 35.9. The van der Waals surface area contributed by atoms with Crippen molar-refractivity contribution in [1.29, 1.82) is 0 Å². The number of pyridine rings is 2. The average molecular weight is 726 g/mol. The number of esters is 1. The molecule has 0 fully saturated rings. The summed E-state index contributed by atoms with van der Waals surface area (Å²) < 4.78 is 8.27. The number of benzene rings is 3. The van der Waals surface area contributed by atoms with E-state index in [2.05, 4.69) is 20.6 Å². The van der Waals surface area contributed by atoms with Crippen LogP contribution in [-0.2, 0) is 41.8 Å². The second-order valence-electron chi connectivity index (χ2n) is 13.4. The van der Waals surface area contributed by atoms with Crippen molar-refractivity contribution in [1.82, 2.24) is 19.3 Å². The first-order chi connectivity index (χ1) is 25.9. The number of cyclic esters (lactones) is 1. The van der Waals surface area contributed by atoms with E-state index >= 15 is 0 Å². The third-order valence-corrected chi connectivity index (χ3v) is 10.0. The summed E-state index contributed by atoms with van der Waals surface area (Å²) in [6.45, 7) is 7.84. The number of hydrogen-bond acceptors (Lipinski definition) is 10. The topological polar surface area (TPSA) is 173 Å². The van der Waals surface area contributed by atoms with E-state index < -0.39 is 11.6 Å². The summed E-state index contributed by atoms with van der Waals surface area (Å²) in [5.41, 5.74) is 7.27. The van der Waals surface area contributed by atoms with Crippen LogP contribution in [0.25, 0.3) is 22.3 Å². The number of aliphatic hydroxyl groups is 1. The Labute approximate surface area is 310 Å². The lowest BCUT2D eigenvalue weighted by Gasteiger charge is -2.31. The number of nitrogens with one attached hydrogen (secondary N) is 1. The lowest BCUT2D eigenvalue weighted by atomic mass is 9.86. The molecule has 2 aliphatic heterocycles. The number of phenols is 1. The van der Waals surface area contributed by atoms with Gasteiger partial charge in [-0.05, 0) is 98.0 Å². The number of nitrogens with zero attached hydrogens (tertiary/aromatic N) is 6. The number of aromatic nitrogens is 4. The highest BCUT2D eigenvalue weighted by Gasteiger charge is 2.45. The van der Waals surface area contributed by atoms with Gasteiger partial charge < -0.3 is 24.8 Å². The van der Waals surface area contributed by atoms with Crippen LogP contribution < -0.4 is 10.9 Å². The monoisotopic (exact) mass is 725 g/mol. The van der Waals surface area contributed by atoms with Crippen molar-refractivity contribution in [3.8, 4) is 17.1 Å². The number of phenolic OH excluding ortho intramolecular Hbond substituents is 1. The largest absolute Gasteiger partial charge is 0.508 e. The number of fused-ring (bicyclic) bond motifs is 5. The predicted molar refractivity (Wildman–Crippen MR) is 203 cm³/mol. The van der Waals surface area contributed by atoms with Crippen molar-refractivity contribution in [3.63, 3.8) is 0 Å². The molecule has 8 rings (SSSR count). The Morgan fingerprint density at radius 3 is 2.48 bits per heavy atom. The third kappa shape index (κ3) is 6.32. The van der Waals surface area contributed by atoms with E-state index in [1.54, 1.807) is 55.1 Å². The number of aromatic hydroxyl groups is 1. The van der Waals surface area contributed by atoms with Gasteiger partial charge in [0.1, 0.15) is 18.1 Å². The van der Waals surface area contributed by atoms with Crippen molar-refractivity contribution < 1.29 is 24.5 Å². The van der Waals surface area contributed by atoms with Crippen LogP contribution in [0, 0.1) is 13.8 Å². The summed E-state index contributed by atoms with van der Waals surface area (Å²) >= 11 is 0. The molecule has 2 aliphatic rings. The molecule has 1 atom stereocenters. The van der Waals surface area contributed by atoms with Gasteiger partial charge in [-0.25, -0.2) is 9.78 Å². The molecular weight excluding hydrogens is 686 g/mol. The number of aryl methyl sites for hydroxylation is 4. The van der Waals surface area contributed by atoms with Crippen LogP contribution in [0.15, 0.2) is 94.0 Å². The molecule has 0 saturated heterocycles. The molecule has 6 aromatic rings. The van der Waals surface area contributed by atoms with Crippen LogP contribution in [-0.4, -0.2) is 41.4 Å². The molecule has 0 unspecified atom stereocenters. The number of anilines is 1. The fourth-order valence-corrected chi connectivity index (χ4v) is 6.97. The first-order valence-electron chi connectivity index (χ1n) is 17.6. The summed E-state index contributed by atoms with van der Waals surface area (Å²) in [4.78, 5) is 42.5. The number of ether oxygens (including phenoxy) is 1. The van der Waals surface area contributed by atoms with E-state index in [-0.39, 0.29) is 30.2 Å². The SMILES string of the molecule is CCc1c2c(nc3ccc(O)cc13)-c1cc3c(c(=O)n1C2)COC(=O)[C@]3(O)CC.Cc1ccccc1N=Nc1ccc(NC(=O)c2ccnn2C)c(C)c1. The van der Waals surface area contributed by atoms with Crippen molar-refractivity contribution in [3.05, 3.63) is 128 Å². The zero-order valence-corrected chi connectivity index (χ0v) is 30.5. The fourth-order valence-electron chi connectivity index (χ4n) is 6.97. The summed E-state index contributed by atoms with van der Waals surface area (Å²) in [6.07, 6.45) is 2.42. The lowest BCUT2D eigenvalue weighted by molar-refractivity contribution is -0.172. The Bertz CT molecular complexity index is 2570. The Morgan fingerprint density at radius 2 is 1.78 bits per heavy atom. The van der Waals surface area contributed by atoms with E-state index in [1.165, 1.54) is 4.68 Å². The maximum Gasteiger partial charge on any atom is 0.343 e. The number of amides is 1. The van der Waals surface area contributed by atoms with Crippen LogP contribution >= 0.6 is 0 Å². The third-order valence-electron chi connectivity index (χ3n) is 10.0. The van der Waals surface area contributed by atoms with E-state index in [0.29, 0.717) is 41.2 Å². The van der Waals surface area contributed by atoms with E-state index in [4.69, 9.17) is 9.72 Å². The van der Waals surface area contributed by atoms with Crippen LogP contribution in [0.3, 0.4) is 0 Å². The zero-order chi connectivity index (χ0) is 38.3. The molecule has 0 radical (unpaired) electrons. The van der Waals surface area contributed by atoms with Crippen LogP contribution in [0.4, 0.5) is 17.1 Å². The summed E-state index contributed by atoms with van der Waals surface area (Å²) in [5.74, 6) is -0.760. The lowest BCUT2D eigenvalue weighted by Crippen LogP contribution is -2.44. The average Bonchev–Trinajstić information content (AvgIpc) is 3.76. The van der Waals surface area contributed by atoms with Gasteiger partial charge in [0.25, 0.3) is 11.5 Å². The minimum atomic E-state index is -1.83. The molecule has 0 spiro atoms. The van der Waals surface area contributed by atoms with Gasteiger partial charge in [0.05, 0.1) is 40.4 Å². The molecular formula is C41H39N7O6. The van der Waals surface area contributed by atoms with E-state index in [0.717, 1.165) is 50.2 Å². The van der Waals surface area contributed by atoms with Crippen molar-refractivity contribution in [2.24, 2.45) is 17.3 Å². The molecule has 54 heavy (non-hydrogen) atoms. The molecule has 274 valence electrons. The number of azo groups is 1. The summed E-state index contributed by atoms with van der Waals surface area (Å²) in [7, 11) is 1.73. The summed E-state index contributed by atoms with van der Waals surface area (Å²) in [6, 6.07) is 21.8. The molecule has 13 heteroatoms. The van der Waals surface area contributed by atoms with Crippen LogP contribution in [0.1, 0.15) is 64.1 Å². The highest BCUT2D eigenvalue weighted by atomic mass is 16.6. The quantitative estimate of drug-likeness (QED) is 0.121. The highest BCUT2D eigenvalue weighted by Crippen LogP contribution is 2.40. The molecule has 3 N–H and O–H groups in total. The molecule has 3 aromatic heterocycles. The van der Waals surface area contributed by atoms with Gasteiger partial charge in [-0.1, -0.05) is 32.0 Å². The second-order valence-corrected chi connectivity index (χ2v) is 13.4. The van der Waals surface area contributed by atoms with Crippen LogP contribution in [0.5, 0.6) is 5.75 Å². The molecule has 13 nitrogen and oxygen atoms in total. The van der Waals surface area contributed by atoms with Gasteiger partial charge in [0.2, 0.25) is 0 Å². The van der Waals surface area contributed by atoms with Crippen molar-refractivity contribution >= 4 is 39.8 Å². The smallest absolute Gasteiger partial charge is 0.343 e. The standard InChI is InChI=1S/C22H20N2O5.C19H19N5O/c1-3-12-13-7-11(25)5-6-17(13)23-19-14(12)9-24-18(19)8-16-15(20(24)26)10-29-21(27)22(16,28)4-2;1-13-6-4-5-7-17(13)23-22-15-8-9-16(14(2)12-15)21-19(25)18-10-11-20-24(18)3/h5-8,25,28H,3-4,9-10H2,1-2H3;4-12H,1-3H3,(H,21,25)/t22-;/m0./s1. The van der Waals surface area contributed by atoms with Crippen molar-refractivity contribution in [2.75, 3.05) is 5.32 Å². The van der Waals surface area contributed by atoms with Gasteiger partial charge in [0, 0.05) is 35.4 Å². The Kier molecular flexibility index (Phi) is 9.42. The van der Waals surface area contributed by atoms with Gasteiger partial charge in [-0.15, -0.1) is 0 Å². The fraction of sp³-hybridized carbons (Fsp3) is 0.244. The minimum Gasteiger partial charge on any atom is -0.508 e. The first-order valence-corrected chi connectivity index (χ1v) is 17.6. The predicted octanol–water partition coefficient (Wildman–Crippen LogP) is 7.05. The minimum absolute atomic E-state index is 0.110. The Morgan fingerprint density at radius 1 is 0.981 bits per heavy atom.